The zero-order valence-corrected chi connectivity index (χ0v) is 14.6. The Morgan fingerprint density at radius 1 is 1.17 bits per heavy atom. The molecule has 2 heterocycles. The molecular weight excluding hydrogens is 304 g/mol. The molecule has 0 spiro atoms. The van der Waals surface area contributed by atoms with Gasteiger partial charge in [0.25, 0.3) is 0 Å². The number of benzene rings is 1. The summed E-state index contributed by atoms with van der Waals surface area (Å²) in [6.07, 6.45) is 0.454. The quantitative estimate of drug-likeness (QED) is 0.846. The zero-order chi connectivity index (χ0) is 17.4. The largest absolute Gasteiger partial charge is 0.396 e. The van der Waals surface area contributed by atoms with Crippen LogP contribution in [0.15, 0.2) is 12.1 Å². The van der Waals surface area contributed by atoms with Gasteiger partial charge in [-0.05, 0) is 50.8 Å². The van der Waals surface area contributed by atoms with Crippen molar-refractivity contribution in [1.82, 2.24) is 0 Å². The summed E-state index contributed by atoms with van der Waals surface area (Å²) >= 11 is 0. The molecule has 2 saturated heterocycles. The van der Waals surface area contributed by atoms with E-state index < -0.39 is 17.4 Å². The third-order valence-corrected chi connectivity index (χ3v) is 6.56. The van der Waals surface area contributed by atoms with Gasteiger partial charge in [0.2, 0.25) is 0 Å². The minimum absolute atomic E-state index is 0.00491. The summed E-state index contributed by atoms with van der Waals surface area (Å²) in [5.41, 5.74) is 3.35. The van der Waals surface area contributed by atoms with Crippen molar-refractivity contribution in [3.8, 4) is 0 Å². The van der Waals surface area contributed by atoms with Gasteiger partial charge in [0.05, 0.1) is 23.5 Å². The fraction of sp³-hybridized carbons (Fsp3) is 0.600. The molecule has 4 unspecified atom stereocenters. The lowest BCUT2D eigenvalue weighted by molar-refractivity contribution is -0.130. The molecule has 24 heavy (non-hydrogen) atoms. The predicted molar refractivity (Wildman–Crippen MR) is 88.9 cm³/mol. The lowest BCUT2D eigenvalue weighted by Gasteiger charge is -2.34. The van der Waals surface area contributed by atoms with E-state index in [9.17, 15) is 14.7 Å². The first kappa shape index (κ1) is 16.0. The molecule has 1 aliphatic carbocycles. The van der Waals surface area contributed by atoms with Crippen molar-refractivity contribution in [2.75, 3.05) is 6.61 Å². The van der Waals surface area contributed by atoms with Crippen molar-refractivity contribution in [1.29, 1.82) is 0 Å². The summed E-state index contributed by atoms with van der Waals surface area (Å²) in [5.74, 6) is -1.46. The topological polar surface area (TPSA) is 63.6 Å². The van der Waals surface area contributed by atoms with E-state index in [0.29, 0.717) is 6.42 Å². The second kappa shape index (κ2) is 4.99. The molecular formula is C20H24O4. The minimum atomic E-state index is -0.696. The first-order valence-corrected chi connectivity index (χ1v) is 8.73. The van der Waals surface area contributed by atoms with Crippen molar-refractivity contribution in [3.05, 3.63) is 34.4 Å². The van der Waals surface area contributed by atoms with Gasteiger partial charge in [-0.1, -0.05) is 17.7 Å². The van der Waals surface area contributed by atoms with E-state index in [2.05, 4.69) is 0 Å². The van der Waals surface area contributed by atoms with E-state index in [4.69, 9.17) is 4.74 Å². The van der Waals surface area contributed by atoms with E-state index >= 15 is 0 Å². The zero-order valence-electron chi connectivity index (χ0n) is 14.6. The first-order valence-electron chi connectivity index (χ1n) is 8.73. The number of aryl methyl sites for hydroxylation is 3. The number of aliphatic hydroxyl groups is 1. The molecule has 1 aromatic rings. The molecule has 4 nitrogen and oxygen atoms in total. The van der Waals surface area contributed by atoms with Gasteiger partial charge >= 0.3 is 0 Å². The summed E-state index contributed by atoms with van der Waals surface area (Å²) in [4.78, 5) is 26.4. The van der Waals surface area contributed by atoms with Crippen LogP contribution in [-0.4, -0.2) is 35.0 Å². The number of carbonyl (C=O) groups is 2. The van der Waals surface area contributed by atoms with Crippen molar-refractivity contribution in [2.24, 2.45) is 17.8 Å². The van der Waals surface area contributed by atoms with E-state index in [1.54, 1.807) is 0 Å². The summed E-state index contributed by atoms with van der Waals surface area (Å²) in [7, 11) is 0. The molecule has 0 amide bonds. The number of ketones is 2. The highest BCUT2D eigenvalue weighted by molar-refractivity contribution is 6.17. The second-order valence-corrected chi connectivity index (χ2v) is 8.01. The normalized spacial score (nSPS) is 40.5. The number of rotatable bonds is 2. The number of aliphatic hydroxyl groups excluding tert-OH is 1. The third kappa shape index (κ3) is 1.81. The van der Waals surface area contributed by atoms with Crippen LogP contribution in [0.3, 0.4) is 0 Å². The Kier molecular flexibility index (Phi) is 3.32. The molecule has 1 aromatic carbocycles. The fourth-order valence-electron chi connectivity index (χ4n) is 5.61. The Morgan fingerprint density at radius 3 is 2.38 bits per heavy atom. The second-order valence-electron chi connectivity index (χ2n) is 8.01. The van der Waals surface area contributed by atoms with Gasteiger partial charge in [0.15, 0.2) is 11.6 Å². The van der Waals surface area contributed by atoms with E-state index in [1.165, 1.54) is 0 Å². The van der Waals surface area contributed by atoms with Crippen LogP contribution in [0.5, 0.6) is 0 Å². The summed E-state index contributed by atoms with van der Waals surface area (Å²) in [6, 6.07) is 4.08. The molecule has 0 radical (unpaired) electrons. The van der Waals surface area contributed by atoms with Crippen LogP contribution in [-0.2, 0) is 14.3 Å². The van der Waals surface area contributed by atoms with Crippen LogP contribution in [0.2, 0.25) is 0 Å². The SMILES string of the molecule is Cc1cc(C)c(C2C(=O)C3C(C2=O)[C@]2(C)O[C@H]3CC2CO)c(C)c1. The standard InChI is InChI=1S/C20H24O4/c1-9-5-10(2)14(11(3)6-9)16-18(22)15-13-7-12(8-21)20(4,24-13)17(15)19(16)23/h5-6,12-13,15-17,21H,7-8H2,1-4H3/t12?,13-,15?,16?,17?,20+/m0/s1. The number of hydrogen-bond acceptors (Lipinski definition) is 4. The highest BCUT2D eigenvalue weighted by Gasteiger charge is 2.70. The number of carbonyl (C=O) groups excluding carboxylic acids is 2. The van der Waals surface area contributed by atoms with Gasteiger partial charge in [-0.2, -0.15) is 0 Å². The van der Waals surface area contributed by atoms with Crippen LogP contribution in [0.4, 0.5) is 0 Å². The van der Waals surface area contributed by atoms with Crippen molar-refractivity contribution in [2.45, 2.75) is 51.7 Å². The highest BCUT2D eigenvalue weighted by Crippen LogP contribution is 2.60. The molecule has 6 atom stereocenters. The third-order valence-electron chi connectivity index (χ3n) is 6.56. The monoisotopic (exact) mass is 328 g/mol. The van der Waals surface area contributed by atoms with E-state index in [-0.39, 0.29) is 36.1 Å². The number of fused-ring (bicyclic) bond motifs is 5. The van der Waals surface area contributed by atoms with Gasteiger partial charge in [-0.3, -0.25) is 9.59 Å². The Balaban J connectivity index is 1.80. The summed E-state index contributed by atoms with van der Waals surface area (Å²) < 4.78 is 6.03. The molecule has 4 rings (SSSR count). The van der Waals surface area contributed by atoms with Gasteiger partial charge in [0, 0.05) is 12.5 Å². The molecule has 1 saturated carbocycles. The molecule has 0 aromatic heterocycles. The predicted octanol–water partition coefficient (Wildman–Crippen LogP) is 2.25. The van der Waals surface area contributed by atoms with Crippen LogP contribution in [0.25, 0.3) is 0 Å². The molecule has 1 N–H and O–H groups in total. The highest BCUT2D eigenvalue weighted by atomic mass is 16.5. The molecule has 3 fully saturated rings. The molecule has 4 heteroatoms. The van der Waals surface area contributed by atoms with Gasteiger partial charge in [0.1, 0.15) is 5.92 Å². The van der Waals surface area contributed by atoms with E-state index in [0.717, 1.165) is 22.3 Å². The molecule has 2 bridgehead atoms. The summed E-state index contributed by atoms with van der Waals surface area (Å²) in [5, 5.41) is 9.65. The van der Waals surface area contributed by atoms with Gasteiger partial charge in [-0.25, -0.2) is 0 Å². The minimum Gasteiger partial charge on any atom is -0.396 e. The number of ether oxygens (including phenoxy) is 1. The van der Waals surface area contributed by atoms with Crippen molar-refractivity contribution >= 4 is 11.6 Å². The fourth-order valence-corrected chi connectivity index (χ4v) is 5.61. The average Bonchev–Trinajstić information content (AvgIpc) is 3.07. The molecule has 2 aliphatic heterocycles. The van der Waals surface area contributed by atoms with Crippen LogP contribution < -0.4 is 0 Å². The van der Waals surface area contributed by atoms with E-state index in [1.807, 2.05) is 39.8 Å². The number of hydrogen-bond donors (Lipinski definition) is 1. The smallest absolute Gasteiger partial charge is 0.154 e. The Hall–Kier alpha value is -1.52. The lowest BCUT2D eigenvalue weighted by Crippen LogP contribution is -2.45. The van der Waals surface area contributed by atoms with Crippen LogP contribution in [0.1, 0.15) is 41.5 Å². The number of Topliss-reactive ketones (excluding diaryl/α,β-unsaturated/α-hetero) is 2. The molecule has 128 valence electrons. The Labute approximate surface area is 142 Å². The maximum Gasteiger partial charge on any atom is 0.154 e. The van der Waals surface area contributed by atoms with Crippen molar-refractivity contribution in [3.63, 3.8) is 0 Å². The van der Waals surface area contributed by atoms with Gasteiger partial charge < -0.3 is 9.84 Å². The Bertz CT molecular complexity index is 729. The Morgan fingerprint density at radius 2 is 1.79 bits per heavy atom. The average molecular weight is 328 g/mol. The maximum absolute atomic E-state index is 13.3. The van der Waals surface area contributed by atoms with Gasteiger partial charge in [-0.15, -0.1) is 0 Å². The lowest BCUT2D eigenvalue weighted by atomic mass is 9.68. The molecule has 3 aliphatic rings. The van der Waals surface area contributed by atoms with Crippen LogP contribution in [0, 0.1) is 38.5 Å². The maximum atomic E-state index is 13.3. The summed E-state index contributed by atoms with van der Waals surface area (Å²) in [6.45, 7) is 7.89. The first-order chi connectivity index (χ1) is 11.3. The van der Waals surface area contributed by atoms with Crippen LogP contribution >= 0.6 is 0 Å². The van der Waals surface area contributed by atoms with Crippen molar-refractivity contribution < 1.29 is 19.4 Å².